The summed E-state index contributed by atoms with van der Waals surface area (Å²) in [5, 5.41) is 15.8. The number of hydrogen-bond donors (Lipinski definition) is 1. The lowest BCUT2D eigenvalue weighted by atomic mass is 10.2. The van der Waals surface area contributed by atoms with Crippen LogP contribution in [-0.2, 0) is 4.79 Å². The molecule has 1 atom stereocenters. The summed E-state index contributed by atoms with van der Waals surface area (Å²) < 4.78 is 0. The molecule has 0 saturated carbocycles. The van der Waals surface area contributed by atoms with Gasteiger partial charge in [-0.3, -0.25) is 4.79 Å². The quantitative estimate of drug-likeness (QED) is 0.511. The summed E-state index contributed by atoms with van der Waals surface area (Å²) in [5.41, 5.74) is 0. The highest BCUT2D eigenvalue weighted by atomic mass is 16.4. The van der Waals surface area contributed by atoms with E-state index in [1.807, 2.05) is 0 Å². The van der Waals surface area contributed by atoms with Crippen LogP contribution < -0.4 is 0 Å². The molecule has 0 aliphatic heterocycles. The van der Waals surface area contributed by atoms with Crippen LogP contribution in [0.2, 0.25) is 0 Å². The predicted octanol–water partition coefficient (Wildman–Crippen LogP) is 0.231. The summed E-state index contributed by atoms with van der Waals surface area (Å²) in [6, 6.07) is 1.56. The van der Waals surface area contributed by atoms with E-state index in [4.69, 9.17) is 10.4 Å². The van der Waals surface area contributed by atoms with E-state index in [0.717, 1.165) is 0 Å². The van der Waals surface area contributed by atoms with Crippen LogP contribution in [0.15, 0.2) is 0 Å². The Bertz CT molecular complexity index is 113. The van der Waals surface area contributed by atoms with Crippen LogP contribution in [0, 0.1) is 17.2 Å². The van der Waals surface area contributed by atoms with Crippen LogP contribution in [-0.4, -0.2) is 11.1 Å². The molecule has 7 heavy (non-hydrogen) atoms. The Hall–Kier alpha value is -1.04. The molecular weight excluding hydrogens is 94.0 g/mol. The fraction of sp³-hybridized carbons (Fsp3) is 0.500. The lowest BCUT2D eigenvalue weighted by Gasteiger charge is -1.86. The van der Waals surface area contributed by atoms with Crippen LogP contribution in [0.3, 0.4) is 0 Å². The average Bonchev–Trinajstić information content (AvgIpc) is 1.65. The van der Waals surface area contributed by atoms with E-state index in [2.05, 4.69) is 0 Å². The normalized spacial score (nSPS) is 12.0. The Morgan fingerprint density at radius 1 is 2.00 bits per heavy atom. The molecule has 3 nitrogen and oxygen atoms in total. The minimum Gasteiger partial charge on any atom is -0.480 e. The maximum absolute atomic E-state index is 9.71. The third-order valence-electron chi connectivity index (χ3n) is 0.564. The number of carboxylic acids is 1. The first-order valence-electron chi connectivity index (χ1n) is 1.81. The molecule has 0 amide bonds. The summed E-state index contributed by atoms with van der Waals surface area (Å²) in [5.74, 6) is -1.94. The van der Waals surface area contributed by atoms with E-state index in [9.17, 15) is 4.79 Å². The van der Waals surface area contributed by atoms with E-state index >= 15 is 0 Å². The van der Waals surface area contributed by atoms with Crippen molar-refractivity contribution in [2.45, 2.75) is 6.92 Å². The molecular formula is C4H5NO2. The number of carbonyl (C=O) groups is 1. The van der Waals surface area contributed by atoms with E-state index < -0.39 is 11.9 Å². The second-order valence-electron chi connectivity index (χ2n) is 1.19. The van der Waals surface area contributed by atoms with Gasteiger partial charge >= 0.3 is 5.97 Å². The van der Waals surface area contributed by atoms with Gasteiger partial charge in [0.05, 0.1) is 6.07 Å². The smallest absolute Gasteiger partial charge is 0.320 e. The molecule has 0 heterocycles. The number of nitrogens with zero attached hydrogens (tertiary/aromatic N) is 1. The van der Waals surface area contributed by atoms with E-state index in [1.165, 1.54) is 6.92 Å². The number of carboxylic acid groups (broad SMARTS) is 1. The zero-order valence-corrected chi connectivity index (χ0v) is 3.88. The maximum atomic E-state index is 9.71. The summed E-state index contributed by atoms with van der Waals surface area (Å²) in [4.78, 5) is 9.71. The molecule has 0 rings (SSSR count). The van der Waals surface area contributed by atoms with Gasteiger partial charge in [-0.2, -0.15) is 5.26 Å². The van der Waals surface area contributed by atoms with Gasteiger partial charge in [-0.25, -0.2) is 0 Å². The Kier molecular flexibility index (Phi) is 1.86. The summed E-state index contributed by atoms with van der Waals surface area (Å²) in [7, 11) is 0. The van der Waals surface area contributed by atoms with Gasteiger partial charge in [0.25, 0.3) is 0 Å². The van der Waals surface area contributed by atoms with Crippen LogP contribution in [0.1, 0.15) is 6.92 Å². The molecule has 38 valence electrons. The van der Waals surface area contributed by atoms with E-state index in [0.29, 0.717) is 0 Å². The number of aliphatic carboxylic acids is 1. The van der Waals surface area contributed by atoms with Gasteiger partial charge in [0.15, 0.2) is 0 Å². The molecule has 0 aromatic rings. The van der Waals surface area contributed by atoms with Crippen LogP contribution in [0.4, 0.5) is 0 Å². The molecule has 0 radical (unpaired) electrons. The topological polar surface area (TPSA) is 61.1 Å². The largest absolute Gasteiger partial charge is 0.480 e. The lowest BCUT2D eigenvalue weighted by molar-refractivity contribution is -0.139. The fourth-order valence-electron chi connectivity index (χ4n) is 0.0552. The van der Waals surface area contributed by atoms with Gasteiger partial charge in [-0.15, -0.1) is 0 Å². The SMILES string of the molecule is C[C@H](C#N)C(=O)O. The van der Waals surface area contributed by atoms with Gasteiger partial charge < -0.3 is 5.11 Å². The van der Waals surface area contributed by atoms with Crippen molar-refractivity contribution in [2.24, 2.45) is 5.92 Å². The second-order valence-corrected chi connectivity index (χ2v) is 1.19. The summed E-state index contributed by atoms with van der Waals surface area (Å²) in [6.07, 6.45) is 0. The van der Waals surface area contributed by atoms with Crippen molar-refractivity contribution in [1.82, 2.24) is 0 Å². The molecule has 0 aromatic heterocycles. The zero-order valence-electron chi connectivity index (χ0n) is 3.88. The van der Waals surface area contributed by atoms with E-state index in [1.54, 1.807) is 6.07 Å². The number of nitriles is 1. The predicted molar refractivity (Wildman–Crippen MR) is 22.4 cm³/mol. The molecule has 0 unspecified atom stereocenters. The van der Waals surface area contributed by atoms with Crippen molar-refractivity contribution < 1.29 is 9.90 Å². The molecule has 0 aromatic carbocycles. The first kappa shape index (κ1) is 5.96. The summed E-state index contributed by atoms with van der Waals surface area (Å²) >= 11 is 0. The standard InChI is InChI=1S/C4H5NO2/c1-3(2-5)4(6)7/h3H,1H3,(H,6,7)/t3-/m1/s1. The minimum atomic E-state index is -1.07. The first-order chi connectivity index (χ1) is 3.18. The van der Waals surface area contributed by atoms with Gasteiger partial charge in [0.1, 0.15) is 5.92 Å². The zero-order chi connectivity index (χ0) is 5.86. The molecule has 0 aliphatic rings. The van der Waals surface area contributed by atoms with Crippen molar-refractivity contribution in [3.8, 4) is 6.07 Å². The maximum Gasteiger partial charge on any atom is 0.320 e. The molecule has 0 bridgehead atoms. The van der Waals surface area contributed by atoms with E-state index in [-0.39, 0.29) is 0 Å². The van der Waals surface area contributed by atoms with Crippen molar-refractivity contribution in [1.29, 1.82) is 5.26 Å². The van der Waals surface area contributed by atoms with Crippen molar-refractivity contribution in [2.75, 3.05) is 0 Å². The third-order valence-corrected chi connectivity index (χ3v) is 0.564. The Labute approximate surface area is 41.2 Å². The number of hydrogen-bond acceptors (Lipinski definition) is 2. The Balaban J connectivity index is 3.63. The average molecular weight is 99.1 g/mol. The lowest BCUT2D eigenvalue weighted by Crippen LogP contribution is -2.05. The van der Waals surface area contributed by atoms with Crippen LogP contribution in [0.25, 0.3) is 0 Å². The summed E-state index contributed by atoms with van der Waals surface area (Å²) in [6.45, 7) is 1.34. The Morgan fingerprint density at radius 3 is 2.43 bits per heavy atom. The fourth-order valence-corrected chi connectivity index (χ4v) is 0.0552. The highest BCUT2D eigenvalue weighted by Gasteiger charge is 2.06. The van der Waals surface area contributed by atoms with Gasteiger partial charge in [0.2, 0.25) is 0 Å². The van der Waals surface area contributed by atoms with Gasteiger partial charge in [-0.1, -0.05) is 0 Å². The van der Waals surface area contributed by atoms with Gasteiger partial charge in [0, 0.05) is 0 Å². The molecule has 0 fully saturated rings. The molecule has 0 spiro atoms. The second kappa shape index (κ2) is 2.19. The molecule has 0 aliphatic carbocycles. The van der Waals surface area contributed by atoms with Crippen molar-refractivity contribution >= 4 is 5.97 Å². The monoisotopic (exact) mass is 99.0 g/mol. The molecule has 3 heteroatoms. The Morgan fingerprint density at radius 2 is 2.43 bits per heavy atom. The minimum absolute atomic E-state index is 0.875. The molecule has 0 saturated heterocycles. The third kappa shape index (κ3) is 1.77. The molecule has 1 N–H and O–H groups in total. The number of rotatable bonds is 1. The first-order valence-corrected chi connectivity index (χ1v) is 1.81. The van der Waals surface area contributed by atoms with Crippen LogP contribution in [0.5, 0.6) is 0 Å². The van der Waals surface area contributed by atoms with Crippen molar-refractivity contribution in [3.05, 3.63) is 0 Å². The van der Waals surface area contributed by atoms with Crippen LogP contribution >= 0.6 is 0 Å². The highest BCUT2D eigenvalue weighted by Crippen LogP contribution is 1.87. The van der Waals surface area contributed by atoms with Crippen molar-refractivity contribution in [3.63, 3.8) is 0 Å². The van der Waals surface area contributed by atoms with Gasteiger partial charge in [-0.05, 0) is 6.92 Å². The highest BCUT2D eigenvalue weighted by molar-refractivity contribution is 5.72.